The molecule has 3 rings (SSSR count). The second-order valence-electron chi connectivity index (χ2n) is 5.29. The summed E-state index contributed by atoms with van der Waals surface area (Å²) in [5.41, 5.74) is 0.947. The largest absolute Gasteiger partial charge is 0.374 e. The Morgan fingerprint density at radius 2 is 2.26 bits per heavy atom. The van der Waals surface area contributed by atoms with E-state index in [2.05, 4.69) is 0 Å². The lowest BCUT2D eigenvalue weighted by molar-refractivity contribution is 0.0253. The SMILES string of the molecule is CC(=O)c1cccc(F)c1N1CCOC2CCCC21. The van der Waals surface area contributed by atoms with Crippen LogP contribution in [-0.2, 0) is 4.74 Å². The lowest BCUT2D eigenvalue weighted by atomic mass is 10.0. The molecular weight excluding hydrogens is 245 g/mol. The van der Waals surface area contributed by atoms with Gasteiger partial charge in [0.15, 0.2) is 5.78 Å². The Kier molecular flexibility index (Phi) is 3.27. The molecule has 1 heterocycles. The maximum absolute atomic E-state index is 14.2. The van der Waals surface area contributed by atoms with E-state index in [0.29, 0.717) is 24.4 Å². The molecule has 3 nitrogen and oxygen atoms in total. The first-order chi connectivity index (χ1) is 9.18. The lowest BCUT2D eigenvalue weighted by Crippen LogP contribution is -2.49. The van der Waals surface area contributed by atoms with Crippen molar-refractivity contribution in [3.05, 3.63) is 29.6 Å². The van der Waals surface area contributed by atoms with Crippen LogP contribution < -0.4 is 4.90 Å². The number of anilines is 1. The summed E-state index contributed by atoms with van der Waals surface area (Å²) in [6, 6.07) is 4.95. The molecule has 1 aliphatic heterocycles. The molecule has 2 fully saturated rings. The average Bonchev–Trinajstić information content (AvgIpc) is 2.86. The minimum atomic E-state index is -0.305. The van der Waals surface area contributed by atoms with Crippen LogP contribution in [0.4, 0.5) is 10.1 Å². The third-order valence-corrected chi connectivity index (χ3v) is 4.14. The molecule has 0 amide bonds. The van der Waals surface area contributed by atoms with Crippen molar-refractivity contribution in [1.82, 2.24) is 0 Å². The molecule has 0 radical (unpaired) electrons. The van der Waals surface area contributed by atoms with E-state index < -0.39 is 0 Å². The average molecular weight is 263 g/mol. The first kappa shape index (κ1) is 12.6. The van der Waals surface area contributed by atoms with E-state index in [1.165, 1.54) is 13.0 Å². The van der Waals surface area contributed by atoms with Crippen molar-refractivity contribution < 1.29 is 13.9 Å². The van der Waals surface area contributed by atoms with Gasteiger partial charge in [-0.1, -0.05) is 6.07 Å². The smallest absolute Gasteiger partial charge is 0.161 e. The summed E-state index contributed by atoms with van der Waals surface area (Å²) < 4.78 is 20.0. The van der Waals surface area contributed by atoms with Crippen LogP contribution in [0.2, 0.25) is 0 Å². The Hall–Kier alpha value is -1.42. The number of fused-ring (bicyclic) bond motifs is 1. The summed E-state index contributed by atoms with van der Waals surface area (Å²) in [6.45, 7) is 2.75. The molecule has 2 unspecified atom stereocenters. The fraction of sp³-hybridized carbons (Fsp3) is 0.533. The molecule has 4 heteroatoms. The van der Waals surface area contributed by atoms with E-state index >= 15 is 0 Å². The molecule has 1 saturated heterocycles. The third kappa shape index (κ3) is 2.14. The van der Waals surface area contributed by atoms with Crippen LogP contribution in [0.25, 0.3) is 0 Å². The van der Waals surface area contributed by atoms with E-state index in [4.69, 9.17) is 4.74 Å². The second-order valence-corrected chi connectivity index (χ2v) is 5.29. The highest BCUT2D eigenvalue weighted by atomic mass is 19.1. The molecule has 0 aromatic heterocycles. The van der Waals surface area contributed by atoms with Gasteiger partial charge in [-0.3, -0.25) is 4.79 Å². The standard InChI is InChI=1S/C15H18FNO2/c1-10(18)11-4-2-5-12(16)15(11)17-8-9-19-14-7-3-6-13(14)17/h2,4-5,13-14H,3,6-9H2,1H3. The Bertz CT molecular complexity index is 503. The summed E-state index contributed by atoms with van der Waals surface area (Å²) in [4.78, 5) is 13.8. The first-order valence-corrected chi connectivity index (χ1v) is 6.86. The molecule has 0 N–H and O–H groups in total. The quantitative estimate of drug-likeness (QED) is 0.768. The summed E-state index contributed by atoms with van der Waals surface area (Å²) in [5, 5.41) is 0. The van der Waals surface area contributed by atoms with Crippen molar-refractivity contribution in [2.75, 3.05) is 18.1 Å². The summed E-state index contributed by atoms with van der Waals surface area (Å²) in [7, 11) is 0. The zero-order valence-electron chi connectivity index (χ0n) is 11.1. The van der Waals surface area contributed by atoms with Crippen molar-refractivity contribution >= 4 is 11.5 Å². The van der Waals surface area contributed by atoms with Gasteiger partial charge in [-0.2, -0.15) is 0 Å². The predicted molar refractivity (Wildman–Crippen MR) is 71.1 cm³/mol. The first-order valence-electron chi connectivity index (χ1n) is 6.86. The van der Waals surface area contributed by atoms with Gasteiger partial charge in [-0.05, 0) is 38.3 Å². The van der Waals surface area contributed by atoms with Gasteiger partial charge in [0.25, 0.3) is 0 Å². The molecule has 2 atom stereocenters. The number of morpholine rings is 1. The monoisotopic (exact) mass is 263 g/mol. The van der Waals surface area contributed by atoms with Crippen LogP contribution in [0, 0.1) is 5.82 Å². The summed E-state index contributed by atoms with van der Waals surface area (Å²) in [5.74, 6) is -0.393. The maximum Gasteiger partial charge on any atom is 0.161 e. The molecule has 1 aromatic carbocycles. The van der Waals surface area contributed by atoms with Crippen LogP contribution in [-0.4, -0.2) is 31.1 Å². The van der Waals surface area contributed by atoms with Crippen molar-refractivity contribution in [2.45, 2.75) is 38.3 Å². The molecule has 2 aliphatic rings. The van der Waals surface area contributed by atoms with Gasteiger partial charge in [-0.25, -0.2) is 4.39 Å². The molecular formula is C15H18FNO2. The molecule has 1 aliphatic carbocycles. The van der Waals surface area contributed by atoms with Crippen LogP contribution in [0.15, 0.2) is 18.2 Å². The van der Waals surface area contributed by atoms with Crippen molar-refractivity contribution in [3.8, 4) is 0 Å². The highest BCUT2D eigenvalue weighted by Gasteiger charge is 2.38. The number of hydrogen-bond acceptors (Lipinski definition) is 3. The number of ether oxygens (including phenoxy) is 1. The number of ketones is 1. The Morgan fingerprint density at radius 3 is 3.05 bits per heavy atom. The van der Waals surface area contributed by atoms with Crippen LogP contribution in [0.1, 0.15) is 36.5 Å². The van der Waals surface area contributed by atoms with Crippen molar-refractivity contribution in [2.24, 2.45) is 0 Å². The Labute approximate surface area is 112 Å². The Balaban J connectivity index is 2.03. The minimum Gasteiger partial charge on any atom is -0.374 e. The molecule has 19 heavy (non-hydrogen) atoms. The number of rotatable bonds is 2. The van der Waals surface area contributed by atoms with Crippen LogP contribution >= 0.6 is 0 Å². The number of nitrogens with zero attached hydrogens (tertiary/aromatic N) is 1. The van der Waals surface area contributed by atoms with Gasteiger partial charge >= 0.3 is 0 Å². The Morgan fingerprint density at radius 1 is 1.42 bits per heavy atom. The number of Topliss-reactive ketones (excluding diaryl/α,β-unsaturated/α-hetero) is 1. The summed E-state index contributed by atoms with van der Waals surface area (Å²) in [6.07, 6.45) is 3.34. The highest BCUT2D eigenvalue weighted by Crippen LogP contribution is 2.36. The fourth-order valence-electron chi connectivity index (χ4n) is 3.29. The number of carbonyl (C=O) groups excluding carboxylic acids is 1. The minimum absolute atomic E-state index is 0.0875. The third-order valence-electron chi connectivity index (χ3n) is 4.14. The van der Waals surface area contributed by atoms with E-state index in [9.17, 15) is 9.18 Å². The van der Waals surface area contributed by atoms with Crippen molar-refractivity contribution in [3.63, 3.8) is 0 Å². The van der Waals surface area contributed by atoms with Gasteiger partial charge in [0.1, 0.15) is 5.82 Å². The van der Waals surface area contributed by atoms with E-state index in [1.54, 1.807) is 12.1 Å². The number of hydrogen-bond donors (Lipinski definition) is 0. The summed E-state index contributed by atoms with van der Waals surface area (Å²) >= 11 is 0. The van der Waals surface area contributed by atoms with E-state index in [-0.39, 0.29) is 23.7 Å². The fourth-order valence-corrected chi connectivity index (χ4v) is 3.29. The molecule has 1 saturated carbocycles. The molecule has 0 bridgehead atoms. The zero-order chi connectivity index (χ0) is 13.4. The van der Waals surface area contributed by atoms with Gasteiger partial charge in [0.05, 0.1) is 24.4 Å². The number of benzene rings is 1. The van der Waals surface area contributed by atoms with Gasteiger partial charge in [-0.15, -0.1) is 0 Å². The number of para-hydroxylation sites is 1. The molecule has 102 valence electrons. The zero-order valence-corrected chi connectivity index (χ0v) is 11.1. The highest BCUT2D eigenvalue weighted by molar-refractivity contribution is 6.00. The van der Waals surface area contributed by atoms with Crippen LogP contribution in [0.3, 0.4) is 0 Å². The van der Waals surface area contributed by atoms with E-state index in [0.717, 1.165) is 19.3 Å². The van der Waals surface area contributed by atoms with Gasteiger partial charge < -0.3 is 9.64 Å². The number of halogens is 1. The predicted octanol–water partition coefficient (Wildman–Crippen LogP) is 2.79. The topological polar surface area (TPSA) is 29.5 Å². The second kappa shape index (κ2) is 4.93. The molecule has 0 spiro atoms. The van der Waals surface area contributed by atoms with Gasteiger partial charge in [0.2, 0.25) is 0 Å². The van der Waals surface area contributed by atoms with Crippen LogP contribution in [0.5, 0.6) is 0 Å². The van der Waals surface area contributed by atoms with Gasteiger partial charge in [0, 0.05) is 12.1 Å². The normalized spacial score (nSPS) is 26.3. The lowest BCUT2D eigenvalue weighted by Gasteiger charge is -2.40. The maximum atomic E-state index is 14.2. The van der Waals surface area contributed by atoms with Crippen molar-refractivity contribution in [1.29, 1.82) is 0 Å². The molecule has 1 aromatic rings. The van der Waals surface area contributed by atoms with E-state index in [1.807, 2.05) is 4.90 Å². The number of carbonyl (C=O) groups is 1.